The molecule has 0 aliphatic carbocycles. The quantitative estimate of drug-likeness (QED) is 0.721. The monoisotopic (exact) mass is 357 g/mol. The molecule has 0 atom stereocenters. The number of ether oxygens (including phenoxy) is 1. The first-order valence-corrected chi connectivity index (χ1v) is 8.68. The zero-order valence-corrected chi connectivity index (χ0v) is 15.3. The van der Waals surface area contributed by atoms with Crippen LogP contribution in [-0.4, -0.2) is 28.5 Å². The standard InChI is InChI=1S/C18H19N3O3S/c1-10(2)15-14(17(23)24-4)19-18(25-15)20-16(22)12-6-5-7-13-11(12)8-9-21(13)3/h5-10H,1-4H3,(H,19,20,22). The Balaban J connectivity index is 1.94. The van der Waals surface area contributed by atoms with E-state index in [9.17, 15) is 9.59 Å². The van der Waals surface area contributed by atoms with E-state index in [2.05, 4.69) is 10.3 Å². The normalized spacial score (nSPS) is 11.1. The van der Waals surface area contributed by atoms with Crippen LogP contribution in [-0.2, 0) is 11.8 Å². The van der Waals surface area contributed by atoms with Crippen LogP contribution >= 0.6 is 11.3 Å². The maximum atomic E-state index is 12.7. The summed E-state index contributed by atoms with van der Waals surface area (Å²) in [7, 11) is 3.25. The first-order valence-electron chi connectivity index (χ1n) is 7.86. The highest BCUT2D eigenvalue weighted by atomic mass is 32.1. The number of rotatable bonds is 4. The predicted molar refractivity (Wildman–Crippen MR) is 98.4 cm³/mol. The molecule has 1 N–H and O–H groups in total. The highest BCUT2D eigenvalue weighted by Crippen LogP contribution is 2.31. The highest BCUT2D eigenvalue weighted by Gasteiger charge is 2.22. The molecule has 0 unspecified atom stereocenters. The summed E-state index contributed by atoms with van der Waals surface area (Å²) in [5.41, 5.74) is 1.81. The third-order valence-electron chi connectivity index (χ3n) is 3.95. The van der Waals surface area contributed by atoms with Gasteiger partial charge in [-0.3, -0.25) is 10.1 Å². The van der Waals surface area contributed by atoms with Crippen LogP contribution in [0, 0.1) is 0 Å². The van der Waals surface area contributed by atoms with Crippen molar-refractivity contribution in [3.8, 4) is 0 Å². The second-order valence-electron chi connectivity index (χ2n) is 6.00. The number of amides is 1. The van der Waals surface area contributed by atoms with Gasteiger partial charge in [0, 0.05) is 34.6 Å². The van der Waals surface area contributed by atoms with E-state index in [1.807, 2.05) is 49.9 Å². The van der Waals surface area contributed by atoms with Crippen LogP contribution in [0.5, 0.6) is 0 Å². The lowest BCUT2D eigenvalue weighted by molar-refractivity contribution is 0.0593. The molecule has 0 aliphatic rings. The summed E-state index contributed by atoms with van der Waals surface area (Å²) in [6, 6.07) is 7.49. The van der Waals surface area contributed by atoms with Crippen molar-refractivity contribution in [2.75, 3.05) is 12.4 Å². The molecular formula is C18H19N3O3S. The Morgan fingerprint density at radius 3 is 2.72 bits per heavy atom. The smallest absolute Gasteiger partial charge is 0.357 e. The summed E-state index contributed by atoms with van der Waals surface area (Å²) in [5.74, 6) is -0.641. The predicted octanol–water partition coefficient (Wildman–Crippen LogP) is 3.80. The first kappa shape index (κ1) is 17.2. The van der Waals surface area contributed by atoms with Crippen molar-refractivity contribution in [2.24, 2.45) is 7.05 Å². The summed E-state index contributed by atoms with van der Waals surface area (Å²) < 4.78 is 6.74. The summed E-state index contributed by atoms with van der Waals surface area (Å²) in [6.45, 7) is 3.94. The van der Waals surface area contributed by atoms with Crippen LogP contribution in [0.2, 0.25) is 0 Å². The number of carbonyl (C=O) groups excluding carboxylic acids is 2. The number of fused-ring (bicyclic) bond motifs is 1. The fourth-order valence-corrected chi connectivity index (χ4v) is 3.63. The summed E-state index contributed by atoms with van der Waals surface area (Å²) in [4.78, 5) is 29.6. The molecule has 0 aliphatic heterocycles. The number of thiazole rings is 1. The maximum absolute atomic E-state index is 12.7. The number of aromatic nitrogens is 2. The van der Waals surface area contributed by atoms with Crippen molar-refractivity contribution < 1.29 is 14.3 Å². The molecule has 0 saturated heterocycles. The van der Waals surface area contributed by atoms with Crippen molar-refractivity contribution in [3.63, 3.8) is 0 Å². The number of nitrogens with one attached hydrogen (secondary N) is 1. The Kier molecular flexibility index (Phi) is 4.59. The van der Waals surface area contributed by atoms with E-state index in [0.717, 1.165) is 15.8 Å². The molecule has 1 aromatic carbocycles. The van der Waals surface area contributed by atoms with Crippen molar-refractivity contribution in [2.45, 2.75) is 19.8 Å². The van der Waals surface area contributed by atoms with Crippen molar-refractivity contribution >= 4 is 39.2 Å². The number of hydrogen-bond acceptors (Lipinski definition) is 5. The molecule has 0 radical (unpaired) electrons. The minimum atomic E-state index is -0.495. The van der Waals surface area contributed by atoms with Gasteiger partial charge >= 0.3 is 5.97 Å². The molecule has 0 spiro atoms. The van der Waals surface area contributed by atoms with Crippen molar-refractivity contribution in [1.82, 2.24) is 9.55 Å². The minimum absolute atomic E-state index is 0.106. The van der Waals surface area contributed by atoms with Gasteiger partial charge in [0.1, 0.15) is 0 Å². The van der Waals surface area contributed by atoms with Gasteiger partial charge in [-0.15, -0.1) is 11.3 Å². The van der Waals surface area contributed by atoms with Gasteiger partial charge < -0.3 is 9.30 Å². The molecule has 0 fully saturated rings. The average Bonchev–Trinajstić information content (AvgIpc) is 3.18. The van der Waals surface area contributed by atoms with E-state index in [1.54, 1.807) is 6.07 Å². The number of aryl methyl sites for hydroxylation is 1. The summed E-state index contributed by atoms with van der Waals surface area (Å²) in [5, 5.41) is 4.07. The van der Waals surface area contributed by atoms with Gasteiger partial charge in [0.2, 0.25) is 0 Å². The molecule has 2 aromatic heterocycles. The van der Waals surface area contributed by atoms with Crippen LogP contribution in [0.15, 0.2) is 30.5 Å². The lowest BCUT2D eigenvalue weighted by Crippen LogP contribution is -2.12. The second-order valence-corrected chi connectivity index (χ2v) is 7.03. The Morgan fingerprint density at radius 2 is 2.04 bits per heavy atom. The molecule has 0 bridgehead atoms. The van der Waals surface area contributed by atoms with Crippen molar-refractivity contribution in [1.29, 1.82) is 0 Å². The van der Waals surface area contributed by atoms with E-state index in [-0.39, 0.29) is 17.5 Å². The lowest BCUT2D eigenvalue weighted by atomic mass is 10.1. The van der Waals surface area contributed by atoms with Gasteiger partial charge in [-0.1, -0.05) is 19.9 Å². The van der Waals surface area contributed by atoms with Crippen LogP contribution < -0.4 is 5.32 Å². The summed E-state index contributed by atoms with van der Waals surface area (Å²) >= 11 is 1.30. The van der Waals surface area contributed by atoms with Gasteiger partial charge in [-0.25, -0.2) is 9.78 Å². The lowest BCUT2D eigenvalue weighted by Gasteiger charge is -2.04. The van der Waals surface area contributed by atoms with E-state index in [1.165, 1.54) is 18.4 Å². The molecule has 25 heavy (non-hydrogen) atoms. The molecule has 130 valence electrons. The number of methoxy groups -OCH3 is 1. The fourth-order valence-electron chi connectivity index (χ4n) is 2.68. The highest BCUT2D eigenvalue weighted by molar-refractivity contribution is 7.16. The number of esters is 1. The number of anilines is 1. The molecular weight excluding hydrogens is 338 g/mol. The molecule has 1 amide bonds. The molecule has 0 saturated carbocycles. The maximum Gasteiger partial charge on any atom is 0.357 e. The van der Waals surface area contributed by atoms with E-state index >= 15 is 0 Å². The van der Waals surface area contributed by atoms with Gasteiger partial charge in [-0.2, -0.15) is 0 Å². The Hall–Kier alpha value is -2.67. The first-order chi connectivity index (χ1) is 11.9. The molecule has 6 nitrogen and oxygen atoms in total. The molecule has 2 heterocycles. The van der Waals surface area contributed by atoms with Gasteiger partial charge in [-0.05, 0) is 24.1 Å². The van der Waals surface area contributed by atoms with Crippen LogP contribution in [0.3, 0.4) is 0 Å². The molecule has 3 rings (SSSR count). The average molecular weight is 357 g/mol. The van der Waals surface area contributed by atoms with Crippen LogP contribution in [0.1, 0.15) is 45.5 Å². The Morgan fingerprint density at radius 1 is 1.28 bits per heavy atom. The molecule has 7 heteroatoms. The number of carbonyl (C=O) groups is 2. The molecule has 3 aromatic rings. The summed E-state index contributed by atoms with van der Waals surface area (Å²) in [6.07, 6.45) is 1.91. The third-order valence-corrected chi connectivity index (χ3v) is 5.22. The number of benzene rings is 1. The largest absolute Gasteiger partial charge is 0.464 e. The van der Waals surface area contributed by atoms with E-state index in [0.29, 0.717) is 10.7 Å². The van der Waals surface area contributed by atoms with Crippen molar-refractivity contribution in [3.05, 3.63) is 46.6 Å². The van der Waals surface area contributed by atoms with Crippen LogP contribution in [0.25, 0.3) is 10.9 Å². The fraction of sp³-hybridized carbons (Fsp3) is 0.278. The third kappa shape index (κ3) is 3.15. The Bertz CT molecular complexity index is 956. The zero-order chi connectivity index (χ0) is 18.1. The van der Waals surface area contributed by atoms with Gasteiger partial charge in [0.25, 0.3) is 5.91 Å². The van der Waals surface area contributed by atoms with Gasteiger partial charge in [0.15, 0.2) is 10.8 Å². The number of hydrogen-bond donors (Lipinski definition) is 1. The van der Waals surface area contributed by atoms with Crippen LogP contribution in [0.4, 0.5) is 5.13 Å². The zero-order valence-electron chi connectivity index (χ0n) is 14.5. The topological polar surface area (TPSA) is 73.2 Å². The SMILES string of the molecule is COC(=O)c1nc(NC(=O)c2cccc3c2ccn3C)sc1C(C)C. The van der Waals surface area contributed by atoms with Gasteiger partial charge in [0.05, 0.1) is 7.11 Å². The Labute approximate surface area is 149 Å². The second kappa shape index (κ2) is 6.68. The van der Waals surface area contributed by atoms with E-state index < -0.39 is 5.97 Å². The number of nitrogens with zero attached hydrogens (tertiary/aromatic N) is 2. The van der Waals surface area contributed by atoms with E-state index in [4.69, 9.17) is 4.74 Å². The minimum Gasteiger partial charge on any atom is -0.464 e.